The van der Waals surface area contributed by atoms with Crippen molar-refractivity contribution in [3.63, 3.8) is 0 Å². The van der Waals surface area contributed by atoms with Crippen molar-refractivity contribution in [3.05, 3.63) is 70.4 Å². The Morgan fingerprint density at radius 1 is 1.14 bits per heavy atom. The number of nitrogens with one attached hydrogen (secondary N) is 2. The lowest BCUT2D eigenvalue weighted by Crippen LogP contribution is -2.70. The summed E-state index contributed by atoms with van der Waals surface area (Å²) in [5.41, 5.74) is 7.05. The molecule has 8 heteroatoms. The van der Waals surface area contributed by atoms with Crippen molar-refractivity contribution >= 4 is 28.3 Å². The zero-order valence-corrected chi connectivity index (χ0v) is 29.6. The molecule has 258 valence electrons. The molecule has 49 heavy (non-hydrogen) atoms. The molecule has 1 unspecified atom stereocenters. The first kappa shape index (κ1) is 31.4. The number of benzene rings is 2. The predicted molar refractivity (Wildman–Crippen MR) is 191 cm³/mol. The van der Waals surface area contributed by atoms with Crippen molar-refractivity contribution in [2.75, 3.05) is 46.2 Å². The van der Waals surface area contributed by atoms with Crippen LogP contribution in [-0.4, -0.2) is 85.1 Å². The highest BCUT2D eigenvalue weighted by atomic mass is 16.5. The van der Waals surface area contributed by atoms with Gasteiger partial charge >= 0.3 is 5.97 Å². The molecule has 10 atom stereocenters. The van der Waals surface area contributed by atoms with Crippen LogP contribution in [0.3, 0.4) is 0 Å². The van der Waals surface area contributed by atoms with Gasteiger partial charge in [-0.15, -0.1) is 0 Å². The zero-order valence-electron chi connectivity index (χ0n) is 29.6. The van der Waals surface area contributed by atoms with Crippen LogP contribution in [0, 0.1) is 29.6 Å². The molecule has 6 bridgehead atoms. The molecule has 1 spiro atoms. The summed E-state index contributed by atoms with van der Waals surface area (Å²) in [6.07, 6.45) is 8.14. The fourth-order valence-corrected chi connectivity index (χ4v) is 11.8. The smallest absolute Gasteiger partial charge is 0.310 e. The highest BCUT2D eigenvalue weighted by molar-refractivity contribution is 6.14. The van der Waals surface area contributed by atoms with Crippen molar-refractivity contribution < 1.29 is 19.1 Å². The van der Waals surface area contributed by atoms with Gasteiger partial charge in [0.05, 0.1) is 20.1 Å². The van der Waals surface area contributed by atoms with E-state index >= 15 is 0 Å². The largest absolute Gasteiger partial charge is 0.496 e. The maximum Gasteiger partial charge on any atom is 0.310 e. The lowest BCUT2D eigenvalue weighted by Gasteiger charge is -2.62. The van der Waals surface area contributed by atoms with Gasteiger partial charge in [0, 0.05) is 77.0 Å². The minimum Gasteiger partial charge on any atom is -0.496 e. The van der Waals surface area contributed by atoms with Gasteiger partial charge in [-0.1, -0.05) is 43.2 Å². The van der Waals surface area contributed by atoms with Crippen LogP contribution < -0.4 is 10.1 Å². The lowest BCUT2D eigenvalue weighted by molar-refractivity contribution is -0.151. The monoisotopic (exact) mass is 662 g/mol. The van der Waals surface area contributed by atoms with Gasteiger partial charge in [0.15, 0.2) is 5.78 Å². The molecular formula is C41H50N4O4. The average molecular weight is 663 g/mol. The second-order valence-electron chi connectivity index (χ2n) is 16.0. The first-order chi connectivity index (χ1) is 23.8. The third-order valence-electron chi connectivity index (χ3n) is 14.0. The summed E-state index contributed by atoms with van der Waals surface area (Å²) in [7, 11) is 5.39. The number of esters is 1. The van der Waals surface area contributed by atoms with Gasteiger partial charge in [-0.25, -0.2) is 0 Å². The molecule has 3 aromatic rings. The Kier molecular flexibility index (Phi) is 7.33. The molecule has 2 aromatic carbocycles. The van der Waals surface area contributed by atoms with Gasteiger partial charge in [-0.2, -0.15) is 0 Å². The van der Waals surface area contributed by atoms with Gasteiger partial charge in [-0.05, 0) is 87.6 Å². The van der Waals surface area contributed by atoms with E-state index < -0.39 is 5.54 Å². The minimum absolute atomic E-state index is 0.00944. The van der Waals surface area contributed by atoms with Crippen LogP contribution in [0.15, 0.2) is 48.0 Å². The molecule has 2 aliphatic carbocycles. The summed E-state index contributed by atoms with van der Waals surface area (Å²) in [4.78, 5) is 37.4. The standard InChI is InChI=1S/C41H50N4O4/c1-6-23-14-22-15-31-38(23)45(20-22)13-12-41(31)39(46)30-19-35(48-4)27(17-33(30)43-41)28-16-26-24(7-2)21-44(3)34(36(26)40(47)49-5)18-29-25-10-8-9-11-32(25)42-37(28)29/h7-11,17,19,22-23,26,28,31,34,36,38,42-43H,6,12-16,18,20-21H2,1-5H3/b24-7-/t22-,23+,26+,28-,31-,34+,36+,38+,41+/m1/s1. The van der Waals surface area contributed by atoms with Crippen LogP contribution in [0.1, 0.15) is 79.0 Å². The van der Waals surface area contributed by atoms with E-state index in [1.807, 2.05) is 6.07 Å². The number of likely N-dealkylation sites (N-methyl/N-ethyl adjacent to an activating group) is 1. The second-order valence-corrected chi connectivity index (χ2v) is 16.0. The number of H-pyrrole nitrogens is 1. The topological polar surface area (TPSA) is 86.9 Å². The van der Waals surface area contributed by atoms with Gasteiger partial charge in [0.1, 0.15) is 11.3 Å². The number of likely N-dealkylation sites (tertiary alicyclic amines) is 1. The predicted octanol–water partition coefficient (Wildman–Crippen LogP) is 6.41. The number of hydrogen-bond acceptors (Lipinski definition) is 7. The van der Waals surface area contributed by atoms with E-state index in [9.17, 15) is 9.59 Å². The number of Topliss-reactive ketones (excluding diaryl/α,β-unsaturated/α-hetero) is 1. The summed E-state index contributed by atoms with van der Waals surface area (Å²) in [6, 6.07) is 13.3. The Hall–Kier alpha value is -3.62. The third-order valence-corrected chi connectivity index (χ3v) is 14.0. The number of methoxy groups -OCH3 is 2. The van der Waals surface area contributed by atoms with Crippen molar-refractivity contribution in [1.29, 1.82) is 0 Å². The molecule has 5 aliphatic heterocycles. The molecule has 0 radical (unpaired) electrons. The first-order valence-corrected chi connectivity index (χ1v) is 18.6. The maximum absolute atomic E-state index is 14.7. The number of para-hydroxylation sites is 1. The van der Waals surface area contributed by atoms with Gasteiger partial charge in [-0.3, -0.25) is 19.4 Å². The zero-order chi connectivity index (χ0) is 33.8. The minimum atomic E-state index is -0.553. The molecule has 1 aromatic heterocycles. The average Bonchev–Trinajstić information content (AvgIpc) is 3.62. The number of anilines is 1. The van der Waals surface area contributed by atoms with Crippen molar-refractivity contribution in [1.82, 2.24) is 14.8 Å². The number of fused-ring (bicyclic) bond motifs is 7. The van der Waals surface area contributed by atoms with Crippen molar-refractivity contribution in [2.45, 2.75) is 75.9 Å². The van der Waals surface area contributed by atoms with Crippen molar-refractivity contribution in [2.24, 2.45) is 29.6 Å². The lowest BCUT2D eigenvalue weighted by atomic mass is 9.56. The molecule has 7 aliphatic rings. The first-order valence-electron chi connectivity index (χ1n) is 18.6. The number of aromatic amines is 1. The number of aromatic nitrogens is 1. The van der Waals surface area contributed by atoms with E-state index in [0.29, 0.717) is 23.8 Å². The van der Waals surface area contributed by atoms with Crippen LogP contribution in [0.4, 0.5) is 5.69 Å². The molecule has 6 heterocycles. The number of nitrogens with zero attached hydrogens (tertiary/aromatic N) is 2. The molecule has 10 rings (SSSR count). The number of ketones is 1. The van der Waals surface area contributed by atoms with Crippen LogP contribution >= 0.6 is 0 Å². The Morgan fingerprint density at radius 2 is 1.98 bits per heavy atom. The van der Waals surface area contributed by atoms with E-state index in [2.05, 4.69) is 77.4 Å². The number of carbonyl (C=O) groups excluding carboxylic acids is 2. The molecule has 0 amide bonds. The molecule has 2 N–H and O–H groups in total. The Bertz CT molecular complexity index is 1870. The van der Waals surface area contributed by atoms with E-state index in [-0.39, 0.29) is 35.5 Å². The summed E-state index contributed by atoms with van der Waals surface area (Å²) < 4.78 is 11.8. The SMILES string of the molecule is C/C=C1/CN(C)[C@H]2Cc3c([nH]c4ccccc34)[C@@H](c3cc4c(cc3OC)C(=O)[C@@]3(CCN5C[C@@H]6C[C@H](CC)[C@H]5[C@H]3C6)N4)C[C@@H]1[C@@H]2C(=O)OC. The van der Waals surface area contributed by atoms with Gasteiger partial charge in [0.2, 0.25) is 0 Å². The van der Waals surface area contributed by atoms with Crippen LogP contribution in [0.25, 0.3) is 10.9 Å². The Labute approximate surface area is 289 Å². The summed E-state index contributed by atoms with van der Waals surface area (Å²) in [5, 5.41) is 5.17. The number of ether oxygens (including phenoxy) is 2. The summed E-state index contributed by atoms with van der Waals surface area (Å²) in [6.45, 7) is 7.42. The number of piperidine rings is 4. The second kappa shape index (κ2) is 11.5. The Morgan fingerprint density at radius 3 is 2.76 bits per heavy atom. The number of allylic oxidation sites excluding steroid dienone is 1. The van der Waals surface area contributed by atoms with Crippen LogP contribution in [0.2, 0.25) is 0 Å². The molecule has 8 nitrogen and oxygen atoms in total. The van der Waals surface area contributed by atoms with E-state index in [0.717, 1.165) is 66.9 Å². The number of rotatable bonds is 4. The fraction of sp³-hybridized carbons (Fsp3) is 0.561. The van der Waals surface area contributed by atoms with Crippen LogP contribution in [-0.2, 0) is 16.0 Å². The summed E-state index contributed by atoms with van der Waals surface area (Å²) >= 11 is 0. The molecule has 1 saturated carbocycles. The molecule has 5 fully saturated rings. The molecule has 4 saturated heterocycles. The van der Waals surface area contributed by atoms with Crippen LogP contribution in [0.5, 0.6) is 5.75 Å². The number of carbonyl (C=O) groups is 2. The Balaban J connectivity index is 1.19. The van der Waals surface area contributed by atoms with Crippen molar-refractivity contribution in [3.8, 4) is 5.75 Å². The highest BCUT2D eigenvalue weighted by Gasteiger charge is 2.62. The van der Waals surface area contributed by atoms with E-state index in [4.69, 9.17) is 9.47 Å². The fourth-order valence-electron chi connectivity index (χ4n) is 11.8. The summed E-state index contributed by atoms with van der Waals surface area (Å²) in [5.74, 6) is 2.16. The number of hydrogen-bond donors (Lipinski definition) is 2. The van der Waals surface area contributed by atoms with Gasteiger partial charge < -0.3 is 19.8 Å². The molecular weight excluding hydrogens is 612 g/mol. The maximum atomic E-state index is 14.7. The normalized spacial score (nSPS) is 37.0. The highest BCUT2D eigenvalue weighted by Crippen LogP contribution is 2.57. The van der Waals surface area contributed by atoms with E-state index in [1.54, 1.807) is 7.11 Å². The third kappa shape index (κ3) is 4.41. The van der Waals surface area contributed by atoms with Gasteiger partial charge in [0.25, 0.3) is 0 Å². The quantitative estimate of drug-likeness (QED) is 0.247. The van der Waals surface area contributed by atoms with E-state index in [1.165, 1.54) is 48.7 Å².